The second-order valence-electron chi connectivity index (χ2n) is 6.09. The van der Waals surface area contributed by atoms with Gasteiger partial charge in [0.05, 0.1) is 17.0 Å². The van der Waals surface area contributed by atoms with E-state index in [2.05, 4.69) is 10.4 Å². The second kappa shape index (κ2) is 7.27. The van der Waals surface area contributed by atoms with E-state index in [0.29, 0.717) is 25.1 Å². The summed E-state index contributed by atoms with van der Waals surface area (Å²) in [6.45, 7) is 0.828. The van der Waals surface area contributed by atoms with Crippen molar-refractivity contribution >= 4 is 12.0 Å². The first-order valence-electron chi connectivity index (χ1n) is 8.60. The summed E-state index contributed by atoms with van der Waals surface area (Å²) in [6.07, 6.45) is 4.50. The van der Waals surface area contributed by atoms with Gasteiger partial charge >= 0.3 is 0 Å². The fraction of sp³-hybridized carbons (Fsp3) is 0.143. The molecule has 1 N–H and O–H groups in total. The van der Waals surface area contributed by atoms with Gasteiger partial charge in [-0.3, -0.25) is 4.79 Å². The van der Waals surface area contributed by atoms with Gasteiger partial charge in [-0.15, -0.1) is 0 Å². The Hall–Kier alpha value is -3.34. The molecular formula is C21H19N3O2. The fourth-order valence-corrected chi connectivity index (χ4v) is 2.88. The van der Waals surface area contributed by atoms with Crippen molar-refractivity contribution in [2.75, 3.05) is 13.2 Å². The summed E-state index contributed by atoms with van der Waals surface area (Å²) < 4.78 is 7.47. The Morgan fingerprint density at radius 2 is 1.88 bits per heavy atom. The monoisotopic (exact) mass is 345 g/mol. The molecule has 0 aliphatic carbocycles. The van der Waals surface area contributed by atoms with Crippen molar-refractivity contribution in [1.82, 2.24) is 15.1 Å². The molecular weight excluding hydrogens is 326 g/mol. The predicted molar refractivity (Wildman–Crippen MR) is 100 cm³/mol. The summed E-state index contributed by atoms with van der Waals surface area (Å²) in [5, 5.41) is 7.49. The molecule has 0 spiro atoms. The first-order chi connectivity index (χ1) is 12.8. The number of rotatable bonds is 5. The summed E-state index contributed by atoms with van der Waals surface area (Å²) in [5.74, 6) is 0.720. The zero-order valence-corrected chi connectivity index (χ0v) is 14.3. The largest absolute Gasteiger partial charge is 0.488 e. The predicted octanol–water partition coefficient (Wildman–Crippen LogP) is 3.01. The molecule has 2 heterocycles. The lowest BCUT2D eigenvalue weighted by atomic mass is 10.1. The summed E-state index contributed by atoms with van der Waals surface area (Å²) in [4.78, 5) is 12.3. The van der Waals surface area contributed by atoms with Crippen LogP contribution in [0.2, 0.25) is 0 Å². The van der Waals surface area contributed by atoms with Crippen LogP contribution in [0, 0.1) is 0 Å². The van der Waals surface area contributed by atoms with Gasteiger partial charge in [0.2, 0.25) is 0 Å². The number of amides is 1. The van der Waals surface area contributed by atoms with Gasteiger partial charge in [0.25, 0.3) is 5.91 Å². The van der Waals surface area contributed by atoms with Crippen LogP contribution in [0.4, 0.5) is 0 Å². The number of hydrogen-bond donors (Lipinski definition) is 1. The highest BCUT2D eigenvalue weighted by atomic mass is 16.5. The van der Waals surface area contributed by atoms with E-state index >= 15 is 0 Å². The van der Waals surface area contributed by atoms with E-state index in [0.717, 1.165) is 22.7 Å². The first kappa shape index (κ1) is 16.1. The SMILES string of the molecule is O=C(NCCc1ccn(-c2ccccc2)n1)C1=Cc2ccccc2OC1. The molecule has 0 saturated heterocycles. The van der Waals surface area contributed by atoms with E-state index in [1.807, 2.05) is 77.6 Å². The zero-order chi connectivity index (χ0) is 17.8. The van der Waals surface area contributed by atoms with Gasteiger partial charge in [0, 0.05) is 24.7 Å². The quantitative estimate of drug-likeness (QED) is 0.773. The lowest BCUT2D eigenvalue weighted by molar-refractivity contribution is -0.117. The third-order valence-corrected chi connectivity index (χ3v) is 4.26. The number of carbonyl (C=O) groups is 1. The van der Waals surface area contributed by atoms with E-state index in [4.69, 9.17) is 4.74 Å². The molecule has 0 saturated carbocycles. The average Bonchev–Trinajstić information content (AvgIpc) is 3.17. The van der Waals surface area contributed by atoms with Gasteiger partial charge in [0.1, 0.15) is 12.4 Å². The Labute approximate surface area is 151 Å². The topological polar surface area (TPSA) is 56.2 Å². The van der Waals surface area contributed by atoms with Gasteiger partial charge in [-0.05, 0) is 30.3 Å². The molecule has 2 aromatic carbocycles. The summed E-state index contributed by atoms with van der Waals surface area (Å²) >= 11 is 0. The highest BCUT2D eigenvalue weighted by Crippen LogP contribution is 2.25. The van der Waals surface area contributed by atoms with Crippen molar-refractivity contribution in [2.24, 2.45) is 0 Å². The Morgan fingerprint density at radius 3 is 2.77 bits per heavy atom. The Bertz CT molecular complexity index is 945. The molecule has 1 aliphatic heterocycles. The molecule has 0 bridgehead atoms. The molecule has 5 heteroatoms. The molecule has 0 unspecified atom stereocenters. The molecule has 5 nitrogen and oxygen atoms in total. The van der Waals surface area contributed by atoms with Crippen LogP contribution in [-0.2, 0) is 11.2 Å². The van der Waals surface area contributed by atoms with Crippen LogP contribution < -0.4 is 10.1 Å². The highest BCUT2D eigenvalue weighted by molar-refractivity contribution is 5.99. The number of hydrogen-bond acceptors (Lipinski definition) is 3. The lowest BCUT2D eigenvalue weighted by Crippen LogP contribution is -2.30. The molecule has 0 fully saturated rings. The number of fused-ring (bicyclic) bond motifs is 1. The molecule has 3 aromatic rings. The molecule has 130 valence electrons. The van der Waals surface area contributed by atoms with Gasteiger partial charge in [-0.1, -0.05) is 36.4 Å². The van der Waals surface area contributed by atoms with E-state index in [1.165, 1.54) is 0 Å². The normalized spacial score (nSPS) is 12.7. The van der Waals surface area contributed by atoms with Gasteiger partial charge in [-0.25, -0.2) is 4.68 Å². The maximum atomic E-state index is 12.3. The molecule has 1 amide bonds. The maximum Gasteiger partial charge on any atom is 0.250 e. The molecule has 26 heavy (non-hydrogen) atoms. The van der Waals surface area contributed by atoms with Gasteiger partial charge in [0.15, 0.2) is 0 Å². The minimum absolute atomic E-state index is 0.0954. The summed E-state index contributed by atoms with van der Waals surface area (Å²) in [5.41, 5.74) is 3.53. The smallest absolute Gasteiger partial charge is 0.250 e. The van der Waals surface area contributed by atoms with Crippen molar-refractivity contribution in [2.45, 2.75) is 6.42 Å². The minimum atomic E-state index is -0.0954. The summed E-state index contributed by atoms with van der Waals surface area (Å²) in [7, 11) is 0. The van der Waals surface area contributed by atoms with Crippen molar-refractivity contribution < 1.29 is 9.53 Å². The Balaban J connectivity index is 1.33. The van der Waals surface area contributed by atoms with Crippen molar-refractivity contribution in [3.63, 3.8) is 0 Å². The maximum absolute atomic E-state index is 12.3. The summed E-state index contributed by atoms with van der Waals surface area (Å²) in [6, 6.07) is 19.6. The van der Waals surface area contributed by atoms with E-state index in [1.54, 1.807) is 0 Å². The van der Waals surface area contributed by atoms with Crippen LogP contribution in [-0.4, -0.2) is 28.8 Å². The third kappa shape index (κ3) is 3.52. The average molecular weight is 345 g/mol. The van der Waals surface area contributed by atoms with E-state index in [9.17, 15) is 4.79 Å². The molecule has 1 aliphatic rings. The Kier molecular flexibility index (Phi) is 4.51. The highest BCUT2D eigenvalue weighted by Gasteiger charge is 2.16. The van der Waals surface area contributed by atoms with E-state index in [-0.39, 0.29) is 5.91 Å². The van der Waals surface area contributed by atoms with Crippen LogP contribution >= 0.6 is 0 Å². The molecule has 1 aromatic heterocycles. The second-order valence-corrected chi connectivity index (χ2v) is 6.09. The molecule has 0 radical (unpaired) electrons. The Morgan fingerprint density at radius 1 is 1.08 bits per heavy atom. The molecule has 4 rings (SSSR count). The number of para-hydroxylation sites is 2. The minimum Gasteiger partial charge on any atom is -0.488 e. The van der Waals surface area contributed by atoms with Crippen LogP contribution in [0.3, 0.4) is 0 Å². The van der Waals surface area contributed by atoms with Gasteiger partial charge in [-0.2, -0.15) is 5.10 Å². The van der Waals surface area contributed by atoms with Crippen LogP contribution in [0.1, 0.15) is 11.3 Å². The van der Waals surface area contributed by atoms with Crippen molar-refractivity contribution in [1.29, 1.82) is 0 Å². The zero-order valence-electron chi connectivity index (χ0n) is 14.3. The number of benzene rings is 2. The van der Waals surface area contributed by atoms with Gasteiger partial charge < -0.3 is 10.1 Å². The number of ether oxygens (including phenoxy) is 1. The lowest BCUT2D eigenvalue weighted by Gasteiger charge is -2.17. The number of nitrogens with one attached hydrogen (secondary N) is 1. The van der Waals surface area contributed by atoms with Crippen LogP contribution in [0.25, 0.3) is 11.8 Å². The van der Waals surface area contributed by atoms with Crippen molar-refractivity contribution in [3.8, 4) is 11.4 Å². The molecule has 0 atom stereocenters. The number of nitrogens with zero attached hydrogens (tertiary/aromatic N) is 2. The van der Waals surface area contributed by atoms with Crippen LogP contribution in [0.5, 0.6) is 5.75 Å². The van der Waals surface area contributed by atoms with E-state index < -0.39 is 0 Å². The number of carbonyl (C=O) groups excluding carboxylic acids is 1. The van der Waals surface area contributed by atoms with Crippen LogP contribution in [0.15, 0.2) is 72.4 Å². The third-order valence-electron chi connectivity index (χ3n) is 4.26. The standard InChI is InChI=1S/C21H19N3O2/c25-21(17-14-16-6-4-5-9-20(16)26-15-17)22-12-10-18-11-13-24(23-18)19-7-2-1-3-8-19/h1-9,11,13-14H,10,12,15H2,(H,22,25). The fourth-order valence-electron chi connectivity index (χ4n) is 2.88. The van der Waals surface area contributed by atoms with Crippen molar-refractivity contribution in [3.05, 3.63) is 83.7 Å². The first-order valence-corrected chi connectivity index (χ1v) is 8.60. The number of aromatic nitrogens is 2.